The second kappa shape index (κ2) is 5.82. The second-order valence-corrected chi connectivity index (χ2v) is 8.55. The monoisotopic (exact) mass is 331 g/mol. The molecular formula is C12H17N3O2S3. The van der Waals surface area contributed by atoms with Crippen LogP contribution in [0.15, 0.2) is 8.68 Å². The van der Waals surface area contributed by atoms with E-state index in [2.05, 4.69) is 15.5 Å². The molecule has 2 aliphatic carbocycles. The zero-order chi connectivity index (χ0) is 14.2. The molecule has 20 heavy (non-hydrogen) atoms. The van der Waals surface area contributed by atoms with Crippen LogP contribution in [0.2, 0.25) is 0 Å². The van der Waals surface area contributed by atoms with Crippen LogP contribution in [0.5, 0.6) is 0 Å². The molecule has 0 aromatic carbocycles. The van der Waals surface area contributed by atoms with Gasteiger partial charge >= 0.3 is 5.97 Å². The summed E-state index contributed by atoms with van der Waals surface area (Å²) in [7, 11) is 0. The highest BCUT2D eigenvalue weighted by Gasteiger charge is 2.53. The minimum atomic E-state index is -0.781. The van der Waals surface area contributed by atoms with E-state index in [1.165, 1.54) is 23.1 Å². The first-order chi connectivity index (χ1) is 9.64. The maximum atomic E-state index is 11.8. The Bertz CT molecular complexity index is 502. The largest absolute Gasteiger partial charge is 0.480 e. The van der Waals surface area contributed by atoms with Crippen LogP contribution in [-0.2, 0) is 4.79 Å². The molecule has 8 heteroatoms. The Morgan fingerprint density at radius 1 is 1.40 bits per heavy atom. The van der Waals surface area contributed by atoms with Crippen molar-refractivity contribution in [1.29, 1.82) is 0 Å². The summed E-state index contributed by atoms with van der Waals surface area (Å²) in [5, 5.41) is 21.3. The van der Waals surface area contributed by atoms with Gasteiger partial charge in [0, 0.05) is 11.8 Å². The van der Waals surface area contributed by atoms with Crippen LogP contribution in [0, 0.1) is 5.92 Å². The number of nitrogens with zero attached hydrogens (tertiary/aromatic N) is 2. The third kappa shape index (κ3) is 3.13. The molecule has 5 nitrogen and oxygen atoms in total. The molecule has 0 amide bonds. The van der Waals surface area contributed by atoms with E-state index in [1.807, 2.05) is 6.26 Å². The molecule has 2 N–H and O–H groups in total. The van der Waals surface area contributed by atoms with Gasteiger partial charge in [-0.15, -0.1) is 10.2 Å². The van der Waals surface area contributed by atoms with Gasteiger partial charge in [0.05, 0.1) is 0 Å². The van der Waals surface area contributed by atoms with Crippen molar-refractivity contribution in [3.05, 3.63) is 0 Å². The highest BCUT2D eigenvalue weighted by molar-refractivity contribution is 8.03. The first-order valence-electron chi connectivity index (χ1n) is 6.65. The van der Waals surface area contributed by atoms with Gasteiger partial charge in [-0.25, -0.2) is 0 Å². The van der Waals surface area contributed by atoms with Crippen LogP contribution in [-0.4, -0.2) is 44.9 Å². The fourth-order valence-electron chi connectivity index (χ4n) is 2.26. The number of thioether (sulfide) groups is 2. The van der Waals surface area contributed by atoms with Gasteiger partial charge < -0.3 is 5.11 Å². The highest BCUT2D eigenvalue weighted by atomic mass is 32.2. The summed E-state index contributed by atoms with van der Waals surface area (Å²) >= 11 is 4.62. The summed E-state index contributed by atoms with van der Waals surface area (Å²) in [5.41, 5.74) is -0.781. The number of carboxylic acid groups (broad SMARTS) is 1. The van der Waals surface area contributed by atoms with Gasteiger partial charge in [0.2, 0.25) is 0 Å². The molecule has 1 unspecified atom stereocenters. The predicted octanol–water partition coefficient (Wildman–Crippen LogP) is 2.34. The molecule has 110 valence electrons. The number of rotatable bonds is 8. The van der Waals surface area contributed by atoms with Gasteiger partial charge in [0.15, 0.2) is 8.68 Å². The Morgan fingerprint density at radius 3 is 2.60 bits per heavy atom. The Kier molecular flexibility index (Phi) is 4.26. The molecule has 0 saturated heterocycles. The van der Waals surface area contributed by atoms with E-state index < -0.39 is 11.5 Å². The normalized spacial score (nSPS) is 21.6. The maximum absolute atomic E-state index is 11.8. The Morgan fingerprint density at radius 2 is 2.10 bits per heavy atom. The highest BCUT2D eigenvalue weighted by Crippen LogP contribution is 2.44. The SMILES string of the molecule is CSc1nnc(SCC(NC2CC2)(C(=O)O)C2CC2)s1. The molecule has 1 heterocycles. The lowest BCUT2D eigenvalue weighted by molar-refractivity contribution is -0.145. The smallest absolute Gasteiger partial charge is 0.325 e. The van der Waals surface area contributed by atoms with Crippen molar-refractivity contribution in [2.75, 3.05) is 12.0 Å². The molecular weight excluding hydrogens is 314 g/mol. The van der Waals surface area contributed by atoms with Gasteiger partial charge in [0.1, 0.15) is 5.54 Å². The van der Waals surface area contributed by atoms with Crippen LogP contribution in [0.4, 0.5) is 0 Å². The van der Waals surface area contributed by atoms with E-state index >= 15 is 0 Å². The van der Waals surface area contributed by atoms with Crippen molar-refractivity contribution in [2.24, 2.45) is 5.92 Å². The summed E-state index contributed by atoms with van der Waals surface area (Å²) in [6.07, 6.45) is 6.19. The summed E-state index contributed by atoms with van der Waals surface area (Å²) in [6.45, 7) is 0. The van der Waals surface area contributed by atoms with E-state index in [0.717, 1.165) is 34.4 Å². The molecule has 0 bridgehead atoms. The number of nitrogens with one attached hydrogen (secondary N) is 1. The summed E-state index contributed by atoms with van der Waals surface area (Å²) in [4.78, 5) is 11.8. The predicted molar refractivity (Wildman–Crippen MR) is 81.7 cm³/mol. The number of carbonyl (C=O) groups is 1. The van der Waals surface area contributed by atoms with E-state index in [9.17, 15) is 9.90 Å². The zero-order valence-corrected chi connectivity index (χ0v) is 13.6. The maximum Gasteiger partial charge on any atom is 0.325 e. The minimum absolute atomic E-state index is 0.265. The first-order valence-corrected chi connectivity index (χ1v) is 9.68. The summed E-state index contributed by atoms with van der Waals surface area (Å²) in [6, 6.07) is 0.392. The molecule has 1 aromatic rings. The van der Waals surface area contributed by atoms with E-state index in [-0.39, 0.29) is 5.92 Å². The number of aliphatic carboxylic acids is 1. The summed E-state index contributed by atoms with van der Waals surface area (Å²) in [5.74, 6) is 0.0852. The van der Waals surface area contributed by atoms with Crippen LogP contribution in [0.1, 0.15) is 25.7 Å². The molecule has 0 aliphatic heterocycles. The van der Waals surface area contributed by atoms with E-state index in [0.29, 0.717) is 11.8 Å². The number of carboxylic acids is 1. The quantitative estimate of drug-likeness (QED) is 0.708. The minimum Gasteiger partial charge on any atom is -0.480 e. The Hall–Kier alpha value is -0.310. The van der Waals surface area contributed by atoms with Crippen molar-refractivity contribution in [3.8, 4) is 0 Å². The lowest BCUT2D eigenvalue weighted by atomic mass is 9.95. The zero-order valence-electron chi connectivity index (χ0n) is 11.2. The van der Waals surface area contributed by atoms with Gasteiger partial charge in [-0.2, -0.15) is 0 Å². The molecule has 2 saturated carbocycles. The molecule has 3 rings (SSSR count). The Balaban J connectivity index is 1.70. The standard InChI is InChI=1S/C12H17N3O2S3/c1-18-10-14-15-11(20-10)19-6-12(9(16)17,7-2-3-7)13-8-4-5-8/h7-8,13H,2-6H2,1H3,(H,16,17). The number of hydrogen-bond acceptors (Lipinski definition) is 7. The molecule has 0 radical (unpaired) electrons. The van der Waals surface area contributed by atoms with E-state index in [1.54, 1.807) is 11.8 Å². The van der Waals surface area contributed by atoms with Crippen molar-refractivity contribution < 1.29 is 9.90 Å². The number of hydrogen-bond donors (Lipinski definition) is 2. The molecule has 1 atom stereocenters. The lowest BCUT2D eigenvalue weighted by Gasteiger charge is -2.30. The van der Waals surface area contributed by atoms with Crippen LogP contribution < -0.4 is 5.32 Å². The van der Waals surface area contributed by atoms with Crippen molar-refractivity contribution in [3.63, 3.8) is 0 Å². The van der Waals surface area contributed by atoms with Crippen molar-refractivity contribution in [1.82, 2.24) is 15.5 Å². The molecule has 2 aliphatic rings. The van der Waals surface area contributed by atoms with Crippen LogP contribution in [0.3, 0.4) is 0 Å². The first kappa shape index (κ1) is 14.6. The molecule has 0 spiro atoms. The third-order valence-corrected chi connectivity index (χ3v) is 6.91. The topological polar surface area (TPSA) is 75.1 Å². The second-order valence-electron chi connectivity index (χ2n) is 5.30. The van der Waals surface area contributed by atoms with Gasteiger partial charge in [0.25, 0.3) is 0 Å². The third-order valence-electron chi connectivity index (χ3n) is 3.68. The van der Waals surface area contributed by atoms with Crippen LogP contribution in [0.25, 0.3) is 0 Å². The summed E-state index contributed by atoms with van der Waals surface area (Å²) < 4.78 is 1.79. The fraction of sp³-hybridized carbons (Fsp3) is 0.750. The van der Waals surface area contributed by atoms with Crippen molar-refractivity contribution in [2.45, 2.75) is 45.9 Å². The fourth-order valence-corrected chi connectivity index (χ4v) is 4.96. The van der Waals surface area contributed by atoms with Gasteiger partial charge in [-0.05, 0) is 37.9 Å². The average molecular weight is 331 g/mol. The van der Waals surface area contributed by atoms with E-state index in [4.69, 9.17) is 0 Å². The number of aromatic nitrogens is 2. The Labute approximate surface area is 130 Å². The van der Waals surface area contributed by atoms with Gasteiger partial charge in [-0.1, -0.05) is 34.9 Å². The molecule has 1 aromatic heterocycles. The average Bonchev–Trinajstić information content (AvgIpc) is 3.34. The van der Waals surface area contributed by atoms with Gasteiger partial charge in [-0.3, -0.25) is 10.1 Å². The van der Waals surface area contributed by atoms with Crippen LogP contribution >= 0.6 is 34.9 Å². The molecule has 2 fully saturated rings. The lowest BCUT2D eigenvalue weighted by Crippen LogP contribution is -2.57. The van der Waals surface area contributed by atoms with Crippen molar-refractivity contribution >= 4 is 40.8 Å².